The smallest absolute Gasteiger partial charge is 0.191 e. The van der Waals surface area contributed by atoms with E-state index in [0.717, 1.165) is 44.9 Å². The van der Waals surface area contributed by atoms with Gasteiger partial charge >= 0.3 is 0 Å². The van der Waals surface area contributed by atoms with Crippen molar-refractivity contribution in [3.8, 4) is 0 Å². The molecular weight excluding hydrogens is 505 g/mol. The maximum atomic E-state index is 14.0. The zero-order valence-corrected chi connectivity index (χ0v) is 19.6. The highest BCUT2D eigenvalue weighted by atomic mass is 127. The molecule has 158 valence electrons. The molecule has 1 saturated carbocycles. The van der Waals surface area contributed by atoms with Crippen LogP contribution in [0.2, 0.25) is 0 Å². The minimum absolute atomic E-state index is 0. The Morgan fingerprint density at radius 1 is 1.17 bits per heavy atom. The van der Waals surface area contributed by atoms with Gasteiger partial charge in [0, 0.05) is 50.2 Å². The Bertz CT molecular complexity index is 802. The minimum atomic E-state index is -0.463. The Hall–Kier alpha value is -1.26. The first kappa shape index (κ1) is 22.4. The standard InChI is InChI=1S/C21H26F2N4S.HI/c1-24-21(26-19-11-16(19)20-17(22)3-2-4-18(20)23)25-15-5-8-27(9-6-15)12-14-7-10-28-13-14;/h2-4,7,10,13,15-16,19H,5-6,8-9,11-12H2,1H3,(H2,24,25,26);1H. The van der Waals surface area contributed by atoms with E-state index in [9.17, 15) is 8.78 Å². The summed E-state index contributed by atoms with van der Waals surface area (Å²) in [5.74, 6) is -0.335. The van der Waals surface area contributed by atoms with Crippen LogP contribution < -0.4 is 10.6 Å². The number of rotatable bonds is 5. The van der Waals surface area contributed by atoms with Crippen molar-refractivity contribution in [3.63, 3.8) is 0 Å². The average Bonchev–Trinajstić information content (AvgIpc) is 3.22. The molecule has 0 amide bonds. The molecule has 1 aliphatic carbocycles. The van der Waals surface area contributed by atoms with Crippen LogP contribution in [0.1, 0.15) is 36.3 Å². The van der Waals surface area contributed by atoms with E-state index in [0.29, 0.717) is 6.04 Å². The van der Waals surface area contributed by atoms with Gasteiger partial charge in [0.2, 0.25) is 0 Å². The molecule has 1 saturated heterocycles. The summed E-state index contributed by atoms with van der Waals surface area (Å²) in [5, 5.41) is 11.1. The molecule has 2 unspecified atom stereocenters. The number of nitrogens with one attached hydrogen (secondary N) is 2. The average molecular weight is 532 g/mol. The lowest BCUT2D eigenvalue weighted by atomic mass is 10.0. The van der Waals surface area contributed by atoms with Crippen LogP contribution in [-0.4, -0.2) is 43.1 Å². The molecule has 2 fully saturated rings. The fourth-order valence-corrected chi connectivity index (χ4v) is 4.61. The Kier molecular flexibility index (Phi) is 7.86. The topological polar surface area (TPSA) is 39.7 Å². The van der Waals surface area contributed by atoms with E-state index >= 15 is 0 Å². The number of aliphatic imine (C=N–C) groups is 1. The summed E-state index contributed by atoms with van der Waals surface area (Å²) >= 11 is 1.74. The van der Waals surface area contributed by atoms with E-state index in [1.165, 1.54) is 23.8 Å². The number of benzene rings is 1. The van der Waals surface area contributed by atoms with Crippen molar-refractivity contribution in [1.82, 2.24) is 15.5 Å². The third-order valence-corrected chi connectivity index (χ3v) is 6.35. The van der Waals surface area contributed by atoms with Crippen LogP contribution in [0, 0.1) is 11.6 Å². The highest BCUT2D eigenvalue weighted by Gasteiger charge is 2.42. The van der Waals surface area contributed by atoms with E-state index in [2.05, 4.69) is 37.4 Å². The van der Waals surface area contributed by atoms with Gasteiger partial charge in [-0.15, -0.1) is 24.0 Å². The van der Waals surface area contributed by atoms with Crippen molar-refractivity contribution in [2.75, 3.05) is 20.1 Å². The molecule has 29 heavy (non-hydrogen) atoms. The lowest BCUT2D eigenvalue weighted by Gasteiger charge is -2.33. The normalized spacial score (nSPS) is 22.8. The Balaban J connectivity index is 0.00000240. The highest BCUT2D eigenvalue weighted by molar-refractivity contribution is 14.0. The fraction of sp³-hybridized carbons (Fsp3) is 0.476. The monoisotopic (exact) mass is 532 g/mol. The molecule has 2 aliphatic rings. The summed E-state index contributed by atoms with van der Waals surface area (Å²) < 4.78 is 27.9. The maximum Gasteiger partial charge on any atom is 0.191 e. The van der Waals surface area contributed by atoms with Crippen molar-refractivity contribution in [3.05, 3.63) is 57.8 Å². The van der Waals surface area contributed by atoms with Crippen LogP contribution in [0.15, 0.2) is 40.0 Å². The Morgan fingerprint density at radius 3 is 2.52 bits per heavy atom. The van der Waals surface area contributed by atoms with Crippen LogP contribution in [0.5, 0.6) is 0 Å². The molecule has 4 rings (SSSR count). The van der Waals surface area contributed by atoms with Crippen molar-refractivity contribution >= 4 is 41.3 Å². The molecular formula is C21H27F2IN4S. The van der Waals surface area contributed by atoms with Gasteiger partial charge in [-0.3, -0.25) is 9.89 Å². The van der Waals surface area contributed by atoms with E-state index in [1.807, 2.05) is 0 Å². The molecule has 2 N–H and O–H groups in total. The molecule has 8 heteroatoms. The van der Waals surface area contributed by atoms with Gasteiger partial charge in [0.25, 0.3) is 0 Å². The first-order valence-electron chi connectivity index (χ1n) is 9.81. The molecule has 2 heterocycles. The van der Waals surface area contributed by atoms with Gasteiger partial charge in [-0.2, -0.15) is 11.3 Å². The summed E-state index contributed by atoms with van der Waals surface area (Å²) in [6.07, 6.45) is 2.83. The first-order chi connectivity index (χ1) is 13.6. The van der Waals surface area contributed by atoms with Crippen molar-refractivity contribution in [1.29, 1.82) is 0 Å². The first-order valence-corrected chi connectivity index (χ1v) is 10.8. The summed E-state index contributed by atoms with van der Waals surface area (Å²) in [4.78, 5) is 6.79. The van der Waals surface area contributed by atoms with Crippen molar-refractivity contribution < 1.29 is 8.78 Å². The van der Waals surface area contributed by atoms with E-state index < -0.39 is 11.6 Å². The zero-order chi connectivity index (χ0) is 19.5. The van der Waals surface area contributed by atoms with E-state index in [4.69, 9.17) is 0 Å². The van der Waals surface area contributed by atoms with Crippen molar-refractivity contribution in [2.45, 2.75) is 43.8 Å². The quantitative estimate of drug-likeness (QED) is 0.342. The van der Waals surface area contributed by atoms with Gasteiger partial charge in [-0.05, 0) is 53.8 Å². The zero-order valence-electron chi connectivity index (χ0n) is 16.4. The van der Waals surface area contributed by atoms with Gasteiger partial charge in [0.05, 0.1) is 0 Å². The number of thiophene rings is 1. The van der Waals surface area contributed by atoms with Crippen LogP contribution in [-0.2, 0) is 6.54 Å². The van der Waals surface area contributed by atoms with Gasteiger partial charge in [-0.25, -0.2) is 8.78 Å². The lowest BCUT2D eigenvalue weighted by molar-refractivity contribution is 0.198. The summed E-state index contributed by atoms with van der Waals surface area (Å²) in [7, 11) is 1.74. The third-order valence-electron chi connectivity index (χ3n) is 5.62. The number of halogens is 3. The number of hydrogen-bond donors (Lipinski definition) is 2. The van der Waals surface area contributed by atoms with Gasteiger partial charge in [0.15, 0.2) is 5.96 Å². The maximum absolute atomic E-state index is 14.0. The number of guanidine groups is 1. The SMILES string of the molecule is CN=C(NC1CCN(Cc2ccsc2)CC1)NC1CC1c1c(F)cccc1F.I. The van der Waals surface area contributed by atoms with E-state index in [-0.39, 0.29) is 41.5 Å². The van der Waals surface area contributed by atoms with Crippen LogP contribution in [0.25, 0.3) is 0 Å². The van der Waals surface area contributed by atoms with Gasteiger partial charge in [0.1, 0.15) is 11.6 Å². The second kappa shape index (κ2) is 10.2. The predicted molar refractivity (Wildman–Crippen MR) is 125 cm³/mol. The summed E-state index contributed by atoms with van der Waals surface area (Å²) in [6.45, 7) is 3.12. The van der Waals surface area contributed by atoms with Crippen LogP contribution in [0.4, 0.5) is 8.78 Å². The highest BCUT2D eigenvalue weighted by Crippen LogP contribution is 2.43. The Morgan fingerprint density at radius 2 is 1.90 bits per heavy atom. The van der Waals surface area contributed by atoms with Crippen LogP contribution in [0.3, 0.4) is 0 Å². The lowest BCUT2D eigenvalue weighted by Crippen LogP contribution is -2.49. The molecule has 0 bridgehead atoms. The Labute approximate surface area is 191 Å². The summed E-state index contributed by atoms with van der Waals surface area (Å²) in [5.41, 5.74) is 1.58. The van der Waals surface area contributed by atoms with Gasteiger partial charge in [-0.1, -0.05) is 6.07 Å². The third kappa shape index (κ3) is 5.67. The predicted octanol–water partition coefficient (Wildman–Crippen LogP) is 4.33. The molecule has 4 nitrogen and oxygen atoms in total. The largest absolute Gasteiger partial charge is 0.354 e. The number of nitrogens with zero attached hydrogens (tertiary/aromatic N) is 2. The molecule has 0 radical (unpaired) electrons. The second-order valence-electron chi connectivity index (χ2n) is 7.63. The second-order valence-corrected chi connectivity index (χ2v) is 8.41. The summed E-state index contributed by atoms with van der Waals surface area (Å²) in [6, 6.07) is 6.63. The molecule has 1 aliphatic heterocycles. The molecule has 1 aromatic heterocycles. The number of piperidine rings is 1. The number of hydrogen-bond acceptors (Lipinski definition) is 3. The van der Waals surface area contributed by atoms with Crippen LogP contribution >= 0.6 is 35.3 Å². The molecule has 2 atom stereocenters. The van der Waals surface area contributed by atoms with Gasteiger partial charge < -0.3 is 10.6 Å². The molecule has 0 spiro atoms. The minimum Gasteiger partial charge on any atom is -0.354 e. The van der Waals surface area contributed by atoms with E-state index in [1.54, 1.807) is 18.4 Å². The molecule has 1 aromatic carbocycles. The van der Waals surface area contributed by atoms with Crippen molar-refractivity contribution in [2.24, 2.45) is 4.99 Å². The molecule has 2 aromatic rings. The fourth-order valence-electron chi connectivity index (χ4n) is 3.95. The number of likely N-dealkylation sites (tertiary alicyclic amines) is 1.